The fourth-order valence-electron chi connectivity index (χ4n) is 1.43. The Morgan fingerprint density at radius 2 is 2.06 bits per heavy atom. The second kappa shape index (κ2) is 5.31. The Bertz CT molecular complexity index is 377. The molecule has 0 saturated carbocycles. The van der Waals surface area contributed by atoms with Gasteiger partial charge in [-0.05, 0) is 19.1 Å². The molecule has 0 radical (unpaired) electrons. The van der Waals surface area contributed by atoms with Crippen LogP contribution >= 0.6 is 0 Å². The summed E-state index contributed by atoms with van der Waals surface area (Å²) < 4.78 is 15.0. The lowest BCUT2D eigenvalue weighted by Crippen LogP contribution is -2.29. The third kappa shape index (κ3) is 3.29. The van der Waals surface area contributed by atoms with Gasteiger partial charge in [0.15, 0.2) is 6.29 Å². The molecule has 1 aromatic heterocycles. The molecule has 0 aliphatic rings. The van der Waals surface area contributed by atoms with Gasteiger partial charge in [0.05, 0.1) is 0 Å². The van der Waals surface area contributed by atoms with Gasteiger partial charge in [0.1, 0.15) is 11.4 Å². The number of methoxy groups -OCH3 is 2. The number of hydrogen-bond acceptors (Lipinski definition) is 5. The van der Waals surface area contributed by atoms with E-state index in [0.717, 1.165) is 0 Å². The zero-order valence-corrected chi connectivity index (χ0v) is 9.97. The first-order chi connectivity index (χ1) is 7.90. The smallest absolute Gasteiger partial charge is 0.371 e. The predicted molar refractivity (Wildman–Crippen MR) is 57.7 cm³/mol. The lowest BCUT2D eigenvalue weighted by atomic mass is 9.99. The molecule has 0 aromatic carbocycles. The molecule has 1 heterocycles. The van der Waals surface area contributed by atoms with Crippen LogP contribution in [0.1, 0.15) is 29.7 Å². The van der Waals surface area contributed by atoms with Gasteiger partial charge in [-0.2, -0.15) is 0 Å². The van der Waals surface area contributed by atoms with E-state index in [2.05, 4.69) is 0 Å². The lowest BCUT2D eigenvalue weighted by Gasteiger charge is -2.24. The van der Waals surface area contributed by atoms with Crippen LogP contribution in [0.4, 0.5) is 0 Å². The van der Waals surface area contributed by atoms with Gasteiger partial charge in [-0.3, -0.25) is 0 Å². The number of carboxylic acid groups (broad SMARTS) is 1. The molecule has 1 rings (SSSR count). The number of aromatic carboxylic acids is 1. The topological polar surface area (TPSA) is 89.1 Å². The van der Waals surface area contributed by atoms with E-state index in [4.69, 9.17) is 19.0 Å². The highest BCUT2D eigenvalue weighted by Gasteiger charge is 2.31. The van der Waals surface area contributed by atoms with Crippen molar-refractivity contribution < 1.29 is 28.9 Å². The van der Waals surface area contributed by atoms with Gasteiger partial charge in [-0.1, -0.05) is 0 Å². The van der Waals surface area contributed by atoms with Gasteiger partial charge >= 0.3 is 5.97 Å². The summed E-state index contributed by atoms with van der Waals surface area (Å²) >= 11 is 0. The van der Waals surface area contributed by atoms with Gasteiger partial charge in [0.25, 0.3) is 0 Å². The SMILES string of the molecule is COC(CC(C)(O)c1ccc(C(=O)O)o1)OC. The van der Waals surface area contributed by atoms with Gasteiger partial charge in [-0.15, -0.1) is 0 Å². The van der Waals surface area contributed by atoms with Gasteiger partial charge < -0.3 is 24.1 Å². The summed E-state index contributed by atoms with van der Waals surface area (Å²) in [6, 6.07) is 2.71. The number of aliphatic hydroxyl groups is 1. The molecular weight excluding hydrogens is 228 g/mol. The molecule has 0 fully saturated rings. The number of ether oxygens (including phenoxy) is 2. The van der Waals surface area contributed by atoms with E-state index in [1.165, 1.54) is 33.3 Å². The number of furan rings is 1. The van der Waals surface area contributed by atoms with Crippen molar-refractivity contribution in [3.63, 3.8) is 0 Å². The summed E-state index contributed by atoms with van der Waals surface area (Å²) in [5.41, 5.74) is -1.36. The van der Waals surface area contributed by atoms with Crippen molar-refractivity contribution in [2.45, 2.75) is 25.2 Å². The van der Waals surface area contributed by atoms with Crippen molar-refractivity contribution in [3.05, 3.63) is 23.7 Å². The minimum atomic E-state index is -1.36. The fourth-order valence-corrected chi connectivity index (χ4v) is 1.43. The van der Waals surface area contributed by atoms with Crippen LogP contribution in [0.2, 0.25) is 0 Å². The van der Waals surface area contributed by atoms with E-state index in [-0.39, 0.29) is 17.9 Å². The molecule has 0 aliphatic heterocycles. The van der Waals surface area contributed by atoms with E-state index in [0.29, 0.717) is 0 Å². The third-order valence-electron chi connectivity index (χ3n) is 2.44. The Labute approximate surface area is 98.8 Å². The molecule has 6 heteroatoms. The lowest BCUT2D eigenvalue weighted by molar-refractivity contribution is -0.145. The quantitative estimate of drug-likeness (QED) is 0.731. The molecule has 6 nitrogen and oxygen atoms in total. The van der Waals surface area contributed by atoms with Gasteiger partial charge in [0, 0.05) is 20.6 Å². The zero-order valence-electron chi connectivity index (χ0n) is 9.97. The maximum Gasteiger partial charge on any atom is 0.371 e. The van der Waals surface area contributed by atoms with E-state index in [1.807, 2.05) is 0 Å². The average Bonchev–Trinajstić information content (AvgIpc) is 2.75. The van der Waals surface area contributed by atoms with Crippen LogP contribution < -0.4 is 0 Å². The molecule has 0 aliphatic carbocycles. The summed E-state index contributed by atoms with van der Waals surface area (Å²) in [5, 5.41) is 18.9. The van der Waals surface area contributed by atoms with Crippen LogP contribution in [-0.2, 0) is 15.1 Å². The number of carbonyl (C=O) groups is 1. The first-order valence-corrected chi connectivity index (χ1v) is 5.02. The fraction of sp³-hybridized carbons (Fsp3) is 0.545. The molecule has 2 N–H and O–H groups in total. The average molecular weight is 244 g/mol. The molecule has 0 saturated heterocycles. The number of carboxylic acids is 1. The summed E-state index contributed by atoms with van der Waals surface area (Å²) in [5.74, 6) is -1.23. The van der Waals surface area contributed by atoms with Crippen LogP contribution in [0.25, 0.3) is 0 Å². The molecule has 1 aromatic rings. The maximum atomic E-state index is 10.7. The summed E-state index contributed by atoms with van der Waals surface area (Å²) in [4.78, 5) is 10.7. The molecular formula is C11H16O6. The van der Waals surface area contributed by atoms with Crippen molar-refractivity contribution >= 4 is 5.97 Å². The van der Waals surface area contributed by atoms with Crippen LogP contribution in [-0.4, -0.2) is 36.7 Å². The van der Waals surface area contributed by atoms with E-state index < -0.39 is 17.9 Å². The van der Waals surface area contributed by atoms with Crippen molar-refractivity contribution in [2.75, 3.05) is 14.2 Å². The highest BCUT2D eigenvalue weighted by Crippen LogP contribution is 2.28. The zero-order chi connectivity index (χ0) is 13.1. The Balaban J connectivity index is 2.84. The normalized spacial score (nSPS) is 14.9. The van der Waals surface area contributed by atoms with E-state index >= 15 is 0 Å². The second-order valence-electron chi connectivity index (χ2n) is 3.85. The number of hydrogen-bond donors (Lipinski definition) is 2. The molecule has 17 heavy (non-hydrogen) atoms. The second-order valence-corrected chi connectivity index (χ2v) is 3.85. The minimum absolute atomic E-state index is 0.132. The van der Waals surface area contributed by atoms with Crippen LogP contribution in [0.5, 0.6) is 0 Å². The minimum Gasteiger partial charge on any atom is -0.475 e. The Morgan fingerprint density at radius 3 is 2.47 bits per heavy atom. The monoisotopic (exact) mass is 244 g/mol. The predicted octanol–water partition coefficient (Wildman–Crippen LogP) is 1.19. The number of rotatable bonds is 6. The van der Waals surface area contributed by atoms with E-state index in [9.17, 15) is 9.90 Å². The van der Waals surface area contributed by atoms with Crippen molar-refractivity contribution in [1.29, 1.82) is 0 Å². The molecule has 1 unspecified atom stereocenters. The molecule has 96 valence electrons. The first-order valence-electron chi connectivity index (χ1n) is 5.02. The Kier molecular flexibility index (Phi) is 4.28. The first kappa shape index (κ1) is 13.7. The van der Waals surface area contributed by atoms with Crippen LogP contribution in [0, 0.1) is 0 Å². The van der Waals surface area contributed by atoms with E-state index in [1.54, 1.807) is 0 Å². The molecule has 0 spiro atoms. The van der Waals surface area contributed by atoms with Gasteiger partial charge in [0.2, 0.25) is 5.76 Å². The molecule has 0 amide bonds. The largest absolute Gasteiger partial charge is 0.475 e. The summed E-state index contributed by atoms with van der Waals surface area (Å²) in [7, 11) is 2.91. The molecule has 1 atom stereocenters. The third-order valence-corrected chi connectivity index (χ3v) is 2.44. The van der Waals surface area contributed by atoms with Crippen molar-refractivity contribution in [3.8, 4) is 0 Å². The summed E-state index contributed by atoms with van der Waals surface area (Å²) in [6.45, 7) is 1.50. The summed E-state index contributed by atoms with van der Waals surface area (Å²) in [6.07, 6.45) is -0.463. The van der Waals surface area contributed by atoms with Crippen LogP contribution in [0.3, 0.4) is 0 Å². The van der Waals surface area contributed by atoms with Crippen molar-refractivity contribution in [2.24, 2.45) is 0 Å². The standard InChI is InChI=1S/C11H16O6/c1-11(14,6-9(15-2)16-3)8-5-4-7(17-8)10(12)13/h4-5,9,14H,6H2,1-3H3,(H,12,13). The van der Waals surface area contributed by atoms with Gasteiger partial charge in [-0.25, -0.2) is 4.79 Å². The van der Waals surface area contributed by atoms with Crippen molar-refractivity contribution in [1.82, 2.24) is 0 Å². The highest BCUT2D eigenvalue weighted by atomic mass is 16.7. The maximum absolute atomic E-state index is 10.7. The van der Waals surface area contributed by atoms with Crippen LogP contribution in [0.15, 0.2) is 16.5 Å². The molecule has 0 bridgehead atoms. The Hall–Kier alpha value is -1.37. The highest BCUT2D eigenvalue weighted by molar-refractivity contribution is 5.84. The Morgan fingerprint density at radius 1 is 1.47 bits per heavy atom.